The van der Waals surface area contributed by atoms with E-state index < -0.39 is 0 Å². The molecule has 0 spiro atoms. The molecule has 4 nitrogen and oxygen atoms in total. The van der Waals surface area contributed by atoms with E-state index in [1.165, 1.54) is 44.9 Å². The number of piperidine rings is 1. The molecule has 0 N–H and O–H groups in total. The van der Waals surface area contributed by atoms with Crippen LogP contribution in [0.4, 0.5) is 5.82 Å². The Labute approximate surface area is 114 Å². The zero-order chi connectivity index (χ0) is 13.1. The number of hydrogen-bond acceptors (Lipinski definition) is 4. The van der Waals surface area contributed by atoms with E-state index in [-0.39, 0.29) is 0 Å². The van der Waals surface area contributed by atoms with E-state index in [2.05, 4.69) is 15.1 Å². The maximum absolute atomic E-state index is 8.80. The lowest BCUT2D eigenvalue weighted by Gasteiger charge is -2.39. The van der Waals surface area contributed by atoms with E-state index in [1.807, 2.05) is 12.1 Å². The van der Waals surface area contributed by atoms with Crippen molar-refractivity contribution in [2.75, 3.05) is 11.4 Å². The summed E-state index contributed by atoms with van der Waals surface area (Å²) in [4.78, 5) is 2.44. The fraction of sp³-hybridized carbons (Fsp3) is 0.667. The first-order valence-corrected chi connectivity index (χ1v) is 7.39. The Hall–Kier alpha value is -1.63. The van der Waals surface area contributed by atoms with Crippen molar-refractivity contribution < 1.29 is 0 Å². The van der Waals surface area contributed by atoms with E-state index in [9.17, 15) is 0 Å². The van der Waals surface area contributed by atoms with Crippen molar-refractivity contribution in [3.05, 3.63) is 17.8 Å². The van der Waals surface area contributed by atoms with Gasteiger partial charge >= 0.3 is 0 Å². The van der Waals surface area contributed by atoms with E-state index >= 15 is 0 Å². The van der Waals surface area contributed by atoms with Crippen LogP contribution in [0.2, 0.25) is 0 Å². The smallest absolute Gasteiger partial charge is 0.163 e. The van der Waals surface area contributed by atoms with E-state index in [0.29, 0.717) is 11.7 Å². The highest BCUT2D eigenvalue weighted by Crippen LogP contribution is 2.36. The third-order valence-corrected chi connectivity index (χ3v) is 4.55. The zero-order valence-corrected chi connectivity index (χ0v) is 11.3. The number of nitrogens with zero attached hydrogens (tertiary/aromatic N) is 4. The Morgan fingerprint density at radius 1 is 1.05 bits per heavy atom. The molecule has 1 saturated heterocycles. The minimum Gasteiger partial charge on any atom is -0.352 e. The van der Waals surface area contributed by atoms with Crippen molar-refractivity contribution >= 4 is 5.82 Å². The Morgan fingerprint density at radius 2 is 1.84 bits per heavy atom. The van der Waals surface area contributed by atoms with Gasteiger partial charge in [0.05, 0.1) is 0 Å². The molecule has 3 rings (SSSR count). The van der Waals surface area contributed by atoms with E-state index in [1.54, 1.807) is 6.07 Å². The standard InChI is InChI=1S/C15H20N4/c16-11-13-8-9-15(18-17-13)19-10-4-3-7-14(19)12-5-1-2-6-12/h8-9,12,14H,1-7,10H2. The summed E-state index contributed by atoms with van der Waals surface area (Å²) in [5.41, 5.74) is 0.401. The second-order valence-electron chi connectivity index (χ2n) is 5.69. The second-order valence-corrected chi connectivity index (χ2v) is 5.69. The molecule has 1 saturated carbocycles. The van der Waals surface area contributed by atoms with Gasteiger partial charge in [0.15, 0.2) is 11.5 Å². The molecule has 0 amide bonds. The molecule has 100 valence electrons. The molecule has 2 fully saturated rings. The minimum absolute atomic E-state index is 0.401. The van der Waals surface area contributed by atoms with Gasteiger partial charge in [0.25, 0.3) is 0 Å². The van der Waals surface area contributed by atoms with Gasteiger partial charge in [0.2, 0.25) is 0 Å². The Bertz CT molecular complexity index is 456. The summed E-state index contributed by atoms with van der Waals surface area (Å²) < 4.78 is 0. The SMILES string of the molecule is N#Cc1ccc(N2CCCCC2C2CCCC2)nn1. The lowest BCUT2D eigenvalue weighted by atomic mass is 9.89. The first-order valence-electron chi connectivity index (χ1n) is 7.39. The van der Waals surface area contributed by atoms with Crippen LogP contribution in [0.15, 0.2) is 12.1 Å². The molecule has 0 bridgehead atoms. The topological polar surface area (TPSA) is 52.8 Å². The maximum Gasteiger partial charge on any atom is 0.163 e. The van der Waals surface area contributed by atoms with Gasteiger partial charge in [-0.2, -0.15) is 5.26 Å². The number of rotatable bonds is 2. The predicted octanol–water partition coefficient (Wildman–Crippen LogP) is 2.90. The number of anilines is 1. The van der Waals surface area contributed by atoms with Gasteiger partial charge in [-0.25, -0.2) is 0 Å². The molecule has 19 heavy (non-hydrogen) atoms. The highest BCUT2D eigenvalue weighted by atomic mass is 15.3. The predicted molar refractivity (Wildman–Crippen MR) is 73.7 cm³/mol. The van der Waals surface area contributed by atoms with Crippen LogP contribution in [0.5, 0.6) is 0 Å². The summed E-state index contributed by atoms with van der Waals surface area (Å²) in [6, 6.07) is 6.41. The molecule has 1 unspecified atom stereocenters. The third kappa shape index (κ3) is 2.56. The monoisotopic (exact) mass is 256 g/mol. The molecular weight excluding hydrogens is 236 g/mol. The van der Waals surface area contributed by atoms with Crippen molar-refractivity contribution in [2.45, 2.75) is 51.0 Å². The normalized spacial score (nSPS) is 24.4. The van der Waals surface area contributed by atoms with Crippen molar-refractivity contribution in [1.29, 1.82) is 5.26 Å². The molecule has 4 heteroatoms. The molecule has 2 aliphatic rings. The molecule has 1 aromatic heterocycles. The second kappa shape index (κ2) is 5.56. The van der Waals surface area contributed by atoms with Crippen molar-refractivity contribution in [3.8, 4) is 6.07 Å². The quantitative estimate of drug-likeness (QED) is 0.816. The summed E-state index contributed by atoms with van der Waals surface area (Å²) in [7, 11) is 0. The lowest BCUT2D eigenvalue weighted by Crippen LogP contribution is -2.44. The van der Waals surface area contributed by atoms with E-state index in [0.717, 1.165) is 18.3 Å². The fourth-order valence-corrected chi connectivity index (χ4v) is 3.61. The van der Waals surface area contributed by atoms with Crippen LogP contribution in [0.1, 0.15) is 50.6 Å². The van der Waals surface area contributed by atoms with Gasteiger partial charge in [0.1, 0.15) is 6.07 Å². The molecule has 2 heterocycles. The molecule has 1 aliphatic carbocycles. The highest BCUT2D eigenvalue weighted by Gasteiger charge is 2.32. The average molecular weight is 256 g/mol. The van der Waals surface area contributed by atoms with Gasteiger partial charge in [-0.1, -0.05) is 12.8 Å². The summed E-state index contributed by atoms with van der Waals surface area (Å²) >= 11 is 0. The Balaban J connectivity index is 1.80. The average Bonchev–Trinajstić information content (AvgIpc) is 3.01. The third-order valence-electron chi connectivity index (χ3n) is 4.55. The molecule has 1 atom stereocenters. The number of nitriles is 1. The largest absolute Gasteiger partial charge is 0.352 e. The van der Waals surface area contributed by atoms with Gasteiger partial charge in [-0.05, 0) is 50.2 Å². The summed E-state index contributed by atoms with van der Waals surface area (Å²) in [6.45, 7) is 1.09. The van der Waals surface area contributed by atoms with Crippen LogP contribution in [0.25, 0.3) is 0 Å². The first kappa shape index (κ1) is 12.4. The van der Waals surface area contributed by atoms with Crippen LogP contribution in [-0.4, -0.2) is 22.8 Å². The highest BCUT2D eigenvalue weighted by molar-refractivity contribution is 5.41. The molecule has 1 aromatic rings. The molecule has 0 aromatic carbocycles. The first-order chi connectivity index (χ1) is 9.38. The van der Waals surface area contributed by atoms with Crippen LogP contribution in [0, 0.1) is 17.2 Å². The minimum atomic E-state index is 0.401. The van der Waals surface area contributed by atoms with Gasteiger partial charge in [-0.15, -0.1) is 10.2 Å². The van der Waals surface area contributed by atoms with Gasteiger partial charge in [-0.3, -0.25) is 0 Å². The Morgan fingerprint density at radius 3 is 2.53 bits per heavy atom. The Kier molecular flexibility index (Phi) is 3.63. The summed E-state index contributed by atoms with van der Waals surface area (Å²) in [6.07, 6.45) is 9.36. The number of hydrogen-bond donors (Lipinski definition) is 0. The van der Waals surface area contributed by atoms with Crippen LogP contribution >= 0.6 is 0 Å². The van der Waals surface area contributed by atoms with Crippen LogP contribution in [-0.2, 0) is 0 Å². The maximum atomic E-state index is 8.80. The lowest BCUT2D eigenvalue weighted by molar-refractivity contribution is 0.339. The molecule has 1 aliphatic heterocycles. The number of aromatic nitrogens is 2. The van der Waals surface area contributed by atoms with Gasteiger partial charge in [0, 0.05) is 12.6 Å². The summed E-state index contributed by atoms with van der Waals surface area (Å²) in [5, 5.41) is 17.0. The molecule has 0 radical (unpaired) electrons. The molecular formula is C15H20N4. The van der Waals surface area contributed by atoms with Crippen LogP contribution in [0.3, 0.4) is 0 Å². The van der Waals surface area contributed by atoms with Gasteiger partial charge < -0.3 is 4.90 Å². The van der Waals surface area contributed by atoms with Crippen molar-refractivity contribution in [1.82, 2.24) is 10.2 Å². The van der Waals surface area contributed by atoms with Crippen LogP contribution < -0.4 is 4.90 Å². The van der Waals surface area contributed by atoms with E-state index in [4.69, 9.17) is 5.26 Å². The summed E-state index contributed by atoms with van der Waals surface area (Å²) in [5.74, 6) is 1.79. The zero-order valence-electron chi connectivity index (χ0n) is 11.3. The van der Waals surface area contributed by atoms with Crippen molar-refractivity contribution in [3.63, 3.8) is 0 Å². The fourth-order valence-electron chi connectivity index (χ4n) is 3.61. The van der Waals surface area contributed by atoms with Crippen molar-refractivity contribution in [2.24, 2.45) is 5.92 Å².